The van der Waals surface area contributed by atoms with Gasteiger partial charge in [-0.25, -0.2) is 0 Å². The molecule has 0 amide bonds. The third-order valence-corrected chi connectivity index (χ3v) is 5.78. The van der Waals surface area contributed by atoms with Gasteiger partial charge in [0.1, 0.15) is 0 Å². The Kier molecular flexibility index (Phi) is 15.2. The molecule has 2 saturated carbocycles. The molecule has 0 bridgehead atoms. The van der Waals surface area contributed by atoms with Crippen molar-refractivity contribution in [3.63, 3.8) is 0 Å². The van der Waals surface area contributed by atoms with E-state index in [1.807, 2.05) is 13.8 Å². The fourth-order valence-corrected chi connectivity index (χ4v) is 3.77. The number of ether oxygens (including phenoxy) is 1. The van der Waals surface area contributed by atoms with Gasteiger partial charge in [-0.05, 0) is 96.8 Å². The largest absolute Gasteiger partial charge is 1.00 e. The summed E-state index contributed by atoms with van der Waals surface area (Å²) in [4.78, 5) is 0. The first-order valence-electron chi connectivity index (χ1n) is 11.6. The summed E-state index contributed by atoms with van der Waals surface area (Å²) in [5.41, 5.74) is 1.21. The van der Waals surface area contributed by atoms with E-state index >= 15 is 0 Å². The quantitative estimate of drug-likeness (QED) is 0.519. The van der Waals surface area contributed by atoms with Crippen molar-refractivity contribution in [3.8, 4) is 0 Å². The van der Waals surface area contributed by atoms with Crippen LogP contribution in [0.1, 0.15) is 101 Å². The van der Waals surface area contributed by atoms with E-state index in [0.29, 0.717) is 25.0 Å². The van der Waals surface area contributed by atoms with E-state index in [2.05, 4.69) is 34.3 Å². The van der Waals surface area contributed by atoms with Gasteiger partial charge in [0, 0.05) is 13.2 Å². The topological polar surface area (TPSA) is 49.7 Å². The van der Waals surface area contributed by atoms with Crippen LogP contribution in [0.15, 0.2) is 12.2 Å². The molecule has 2 aliphatic rings. The summed E-state index contributed by atoms with van der Waals surface area (Å²) < 4.78 is 5.84. The van der Waals surface area contributed by atoms with Crippen LogP contribution in [-0.4, -0.2) is 35.6 Å². The van der Waals surface area contributed by atoms with Gasteiger partial charge in [-0.1, -0.05) is 31.8 Å². The predicted molar refractivity (Wildman–Crippen MR) is 123 cm³/mol. The molecular formula is C25H51O3+. The molecule has 0 atom stereocenters. The normalized spacial score (nSPS) is 27.7. The SMILES string of the molecule is C=C(C)C.CCC1CCC(COC(C)(C)C)CC1.OCC1CCC(CO)CC1.[H+]. The minimum absolute atomic E-state index is 0. The number of aliphatic hydroxyl groups excluding tert-OH is 2. The standard InChI is InChI=1S/C13H26O.C8H16O2.C4H8/c1-5-11-6-8-12(9-7-11)10-14-13(2,3)4;9-5-7-1-2-8(6-10)4-3-7;1-4(2)3/h11-12H,5-10H2,1-4H3;7-10H,1-6H2;1H2,2-3H3/p+1. The van der Waals surface area contributed by atoms with Gasteiger partial charge in [-0.15, -0.1) is 6.58 Å². The van der Waals surface area contributed by atoms with Crippen molar-refractivity contribution in [2.45, 2.75) is 105 Å². The summed E-state index contributed by atoms with van der Waals surface area (Å²) >= 11 is 0. The van der Waals surface area contributed by atoms with Crippen molar-refractivity contribution in [1.82, 2.24) is 0 Å². The van der Waals surface area contributed by atoms with E-state index in [9.17, 15) is 0 Å². The maximum atomic E-state index is 8.79. The highest BCUT2D eigenvalue weighted by molar-refractivity contribution is 4.79. The van der Waals surface area contributed by atoms with Crippen molar-refractivity contribution in [2.75, 3.05) is 19.8 Å². The summed E-state index contributed by atoms with van der Waals surface area (Å²) in [5, 5.41) is 17.6. The second-order valence-corrected chi connectivity index (χ2v) is 10.2. The average molecular weight is 400 g/mol. The summed E-state index contributed by atoms with van der Waals surface area (Å²) in [6, 6.07) is 0. The molecule has 0 unspecified atom stereocenters. The first kappa shape index (κ1) is 27.6. The van der Waals surface area contributed by atoms with Crippen molar-refractivity contribution in [3.05, 3.63) is 12.2 Å². The van der Waals surface area contributed by atoms with Crippen LogP contribution in [0.2, 0.25) is 0 Å². The third kappa shape index (κ3) is 15.5. The Labute approximate surface area is 177 Å². The lowest BCUT2D eigenvalue weighted by Gasteiger charge is -2.30. The molecule has 3 heteroatoms. The Bertz CT molecular complexity index is 360. The molecule has 2 fully saturated rings. The average Bonchev–Trinajstić information content (AvgIpc) is 2.66. The van der Waals surface area contributed by atoms with Crippen molar-refractivity contribution >= 4 is 0 Å². The molecule has 0 aromatic rings. The lowest BCUT2D eigenvalue weighted by molar-refractivity contribution is -0.0302. The molecule has 0 aromatic carbocycles. The van der Waals surface area contributed by atoms with Crippen LogP contribution in [0, 0.1) is 23.7 Å². The molecule has 2 N–H and O–H groups in total. The fourth-order valence-electron chi connectivity index (χ4n) is 3.77. The Morgan fingerprint density at radius 2 is 1.14 bits per heavy atom. The fraction of sp³-hybridized carbons (Fsp3) is 0.920. The Hall–Kier alpha value is -0.380. The molecule has 0 aromatic heterocycles. The molecule has 28 heavy (non-hydrogen) atoms. The lowest BCUT2D eigenvalue weighted by atomic mass is 9.81. The molecule has 2 rings (SSSR count). The van der Waals surface area contributed by atoms with Crippen LogP contribution < -0.4 is 0 Å². The van der Waals surface area contributed by atoms with E-state index in [-0.39, 0.29) is 7.03 Å². The Balaban J connectivity index is 0. The number of aliphatic hydroxyl groups is 2. The molecule has 0 spiro atoms. The monoisotopic (exact) mass is 399 g/mol. The number of hydrogen-bond acceptors (Lipinski definition) is 3. The van der Waals surface area contributed by atoms with Crippen LogP contribution in [-0.2, 0) is 4.74 Å². The predicted octanol–water partition coefficient (Wildman–Crippen LogP) is 6.49. The van der Waals surface area contributed by atoms with Gasteiger partial charge in [-0.3, -0.25) is 0 Å². The zero-order chi connectivity index (χ0) is 21.6. The second kappa shape index (κ2) is 15.5. The van der Waals surface area contributed by atoms with Gasteiger partial charge < -0.3 is 14.9 Å². The molecule has 0 saturated heterocycles. The zero-order valence-corrected chi connectivity index (χ0v) is 19.8. The minimum Gasteiger partial charge on any atom is -0.396 e. The maximum Gasteiger partial charge on any atom is 1.00 e. The molecule has 168 valence electrons. The second-order valence-electron chi connectivity index (χ2n) is 10.2. The van der Waals surface area contributed by atoms with Crippen LogP contribution in [0.4, 0.5) is 0 Å². The number of allylic oxidation sites excluding steroid dienone is 1. The highest BCUT2D eigenvalue weighted by Gasteiger charge is 2.22. The Morgan fingerprint density at radius 1 is 0.821 bits per heavy atom. The van der Waals surface area contributed by atoms with E-state index in [1.54, 1.807) is 0 Å². The highest BCUT2D eigenvalue weighted by atomic mass is 16.5. The van der Waals surface area contributed by atoms with E-state index in [1.165, 1.54) is 37.7 Å². The molecule has 3 nitrogen and oxygen atoms in total. The van der Waals surface area contributed by atoms with Gasteiger partial charge in [0.2, 0.25) is 0 Å². The first-order chi connectivity index (χ1) is 13.1. The van der Waals surface area contributed by atoms with Crippen LogP contribution in [0.5, 0.6) is 0 Å². The van der Waals surface area contributed by atoms with E-state index in [4.69, 9.17) is 14.9 Å². The number of hydrogen-bond donors (Lipinski definition) is 2. The van der Waals surface area contributed by atoms with Crippen LogP contribution in [0.25, 0.3) is 0 Å². The molecule has 0 radical (unpaired) electrons. The molecule has 0 aliphatic heterocycles. The Morgan fingerprint density at radius 3 is 1.43 bits per heavy atom. The highest BCUT2D eigenvalue weighted by Crippen LogP contribution is 2.31. The molecule has 0 heterocycles. The van der Waals surface area contributed by atoms with Gasteiger partial charge in [0.05, 0.1) is 12.2 Å². The number of rotatable bonds is 5. The zero-order valence-electron chi connectivity index (χ0n) is 20.8. The van der Waals surface area contributed by atoms with Gasteiger partial charge in [-0.2, -0.15) is 0 Å². The van der Waals surface area contributed by atoms with E-state index in [0.717, 1.165) is 44.1 Å². The summed E-state index contributed by atoms with van der Waals surface area (Å²) in [5.74, 6) is 2.86. The first-order valence-corrected chi connectivity index (χ1v) is 11.6. The van der Waals surface area contributed by atoms with Crippen LogP contribution >= 0.6 is 0 Å². The maximum absolute atomic E-state index is 8.79. The summed E-state index contributed by atoms with van der Waals surface area (Å²) in [6.45, 7) is 17.9. The van der Waals surface area contributed by atoms with E-state index < -0.39 is 0 Å². The van der Waals surface area contributed by atoms with Gasteiger partial charge in [0.15, 0.2) is 0 Å². The third-order valence-electron chi connectivity index (χ3n) is 5.78. The summed E-state index contributed by atoms with van der Waals surface area (Å²) in [7, 11) is 0. The molecule has 2 aliphatic carbocycles. The lowest BCUT2D eigenvalue weighted by Crippen LogP contribution is -2.26. The van der Waals surface area contributed by atoms with Crippen LogP contribution in [0.3, 0.4) is 0 Å². The van der Waals surface area contributed by atoms with Crippen molar-refractivity contribution < 1.29 is 16.4 Å². The van der Waals surface area contributed by atoms with Gasteiger partial charge in [0.25, 0.3) is 0 Å². The molecular weight excluding hydrogens is 348 g/mol. The smallest absolute Gasteiger partial charge is 0.396 e. The van der Waals surface area contributed by atoms with Gasteiger partial charge >= 0.3 is 1.43 Å². The van der Waals surface area contributed by atoms with Crippen molar-refractivity contribution in [2.24, 2.45) is 23.7 Å². The summed E-state index contributed by atoms with van der Waals surface area (Å²) in [6.07, 6.45) is 11.4. The van der Waals surface area contributed by atoms with Crippen molar-refractivity contribution in [1.29, 1.82) is 0 Å². The minimum atomic E-state index is 0.